The molecule has 0 saturated carbocycles. The minimum atomic E-state index is 0.159. The second kappa shape index (κ2) is 3.67. The Labute approximate surface area is 72.4 Å². The highest BCUT2D eigenvalue weighted by molar-refractivity contribution is 4.92. The monoisotopic (exact) mass is 169 g/mol. The van der Waals surface area contributed by atoms with Crippen molar-refractivity contribution in [1.82, 2.24) is 15.5 Å². The molecule has 1 aromatic heterocycles. The van der Waals surface area contributed by atoms with Gasteiger partial charge >= 0.3 is 0 Å². The Bertz CT molecular complexity index is 244. The zero-order chi connectivity index (χ0) is 9.14. The van der Waals surface area contributed by atoms with E-state index in [1.54, 1.807) is 0 Å². The predicted octanol–water partition coefficient (Wildman–Crippen LogP) is 1.29. The van der Waals surface area contributed by atoms with Crippen molar-refractivity contribution in [3.8, 4) is 0 Å². The summed E-state index contributed by atoms with van der Waals surface area (Å²) in [5.74, 6) is 1.81. The van der Waals surface area contributed by atoms with Crippen molar-refractivity contribution in [2.24, 2.45) is 5.92 Å². The van der Waals surface area contributed by atoms with Crippen molar-refractivity contribution in [2.45, 2.75) is 26.8 Å². The van der Waals surface area contributed by atoms with Gasteiger partial charge in [0.2, 0.25) is 5.89 Å². The fraction of sp³-hybridized carbons (Fsp3) is 0.750. The highest BCUT2D eigenvalue weighted by Crippen LogP contribution is 2.18. The lowest BCUT2D eigenvalue weighted by atomic mass is 10.1. The molecule has 0 amide bonds. The summed E-state index contributed by atoms with van der Waals surface area (Å²) in [6.07, 6.45) is 0. The maximum Gasteiger partial charge on any atom is 0.244 e. The molecule has 0 aromatic carbocycles. The van der Waals surface area contributed by atoms with E-state index in [2.05, 4.69) is 29.3 Å². The first kappa shape index (κ1) is 9.19. The lowest BCUT2D eigenvalue weighted by molar-refractivity contribution is 0.298. The lowest BCUT2D eigenvalue weighted by Gasteiger charge is -2.14. The van der Waals surface area contributed by atoms with Crippen LogP contribution in [0.15, 0.2) is 4.52 Å². The van der Waals surface area contributed by atoms with Crippen molar-refractivity contribution < 1.29 is 4.52 Å². The van der Waals surface area contributed by atoms with Crippen molar-refractivity contribution in [3.63, 3.8) is 0 Å². The van der Waals surface area contributed by atoms with Crippen LogP contribution in [0, 0.1) is 12.8 Å². The van der Waals surface area contributed by atoms with Crippen LogP contribution in [0.1, 0.15) is 31.6 Å². The van der Waals surface area contributed by atoms with E-state index < -0.39 is 0 Å². The smallest absolute Gasteiger partial charge is 0.244 e. The molecule has 0 aliphatic rings. The first-order chi connectivity index (χ1) is 5.65. The molecule has 0 spiro atoms. The second-order valence-corrected chi connectivity index (χ2v) is 3.19. The van der Waals surface area contributed by atoms with Crippen molar-refractivity contribution in [3.05, 3.63) is 11.7 Å². The number of rotatable bonds is 3. The Morgan fingerprint density at radius 1 is 1.42 bits per heavy atom. The molecule has 4 nitrogen and oxygen atoms in total. The lowest BCUT2D eigenvalue weighted by Crippen LogP contribution is -2.21. The number of aryl methyl sites for hydroxylation is 1. The average Bonchev–Trinajstić information content (AvgIpc) is 2.37. The minimum absolute atomic E-state index is 0.159. The first-order valence-corrected chi connectivity index (χ1v) is 4.12. The summed E-state index contributed by atoms with van der Waals surface area (Å²) in [6, 6.07) is 0.159. The second-order valence-electron chi connectivity index (χ2n) is 3.19. The molecule has 1 heterocycles. The van der Waals surface area contributed by atoms with Gasteiger partial charge in [-0.15, -0.1) is 0 Å². The van der Waals surface area contributed by atoms with Crippen LogP contribution in [0.3, 0.4) is 0 Å². The quantitative estimate of drug-likeness (QED) is 0.740. The van der Waals surface area contributed by atoms with Crippen LogP contribution in [0.4, 0.5) is 0 Å². The molecule has 1 rings (SSSR count). The maximum absolute atomic E-state index is 5.06. The third kappa shape index (κ3) is 1.82. The molecule has 0 fully saturated rings. The summed E-state index contributed by atoms with van der Waals surface area (Å²) >= 11 is 0. The highest BCUT2D eigenvalue weighted by Gasteiger charge is 2.19. The fourth-order valence-corrected chi connectivity index (χ4v) is 1.18. The van der Waals surface area contributed by atoms with Crippen LogP contribution < -0.4 is 5.32 Å². The van der Waals surface area contributed by atoms with E-state index in [1.165, 1.54) is 0 Å². The third-order valence-corrected chi connectivity index (χ3v) is 1.79. The van der Waals surface area contributed by atoms with Gasteiger partial charge in [-0.2, -0.15) is 4.98 Å². The van der Waals surface area contributed by atoms with Crippen molar-refractivity contribution in [2.75, 3.05) is 7.05 Å². The van der Waals surface area contributed by atoms with Crippen LogP contribution in [-0.2, 0) is 0 Å². The normalized spacial score (nSPS) is 13.8. The van der Waals surface area contributed by atoms with Gasteiger partial charge in [-0.05, 0) is 19.9 Å². The molecular weight excluding hydrogens is 154 g/mol. The molecule has 4 heteroatoms. The van der Waals surface area contributed by atoms with Crippen LogP contribution >= 0.6 is 0 Å². The molecule has 12 heavy (non-hydrogen) atoms. The fourth-order valence-electron chi connectivity index (χ4n) is 1.18. The maximum atomic E-state index is 5.06. The Kier molecular flexibility index (Phi) is 2.81. The van der Waals surface area contributed by atoms with Gasteiger partial charge in [-0.25, -0.2) is 0 Å². The van der Waals surface area contributed by atoms with Crippen LogP contribution in [0.25, 0.3) is 0 Å². The van der Waals surface area contributed by atoms with Crippen LogP contribution in [0.5, 0.6) is 0 Å². The van der Waals surface area contributed by atoms with E-state index in [-0.39, 0.29) is 6.04 Å². The summed E-state index contributed by atoms with van der Waals surface area (Å²) in [4.78, 5) is 4.16. The molecular formula is C8H15N3O. The van der Waals surface area contributed by atoms with E-state index in [1.807, 2.05) is 14.0 Å². The van der Waals surface area contributed by atoms with Gasteiger partial charge in [-0.1, -0.05) is 19.0 Å². The summed E-state index contributed by atoms with van der Waals surface area (Å²) in [5, 5.41) is 6.88. The SMILES string of the molecule is CN[C@H](c1nc(C)no1)C(C)C. The molecule has 0 aliphatic carbocycles. The van der Waals surface area contributed by atoms with E-state index in [0.29, 0.717) is 17.6 Å². The van der Waals surface area contributed by atoms with E-state index >= 15 is 0 Å². The minimum Gasteiger partial charge on any atom is -0.338 e. The summed E-state index contributed by atoms with van der Waals surface area (Å²) in [5.41, 5.74) is 0. The average molecular weight is 169 g/mol. The zero-order valence-electron chi connectivity index (χ0n) is 7.96. The summed E-state index contributed by atoms with van der Waals surface area (Å²) < 4.78 is 5.06. The Hall–Kier alpha value is -0.900. The summed E-state index contributed by atoms with van der Waals surface area (Å²) in [6.45, 7) is 6.04. The van der Waals surface area contributed by atoms with Gasteiger partial charge in [0.05, 0.1) is 6.04 Å². The number of hydrogen-bond donors (Lipinski definition) is 1. The standard InChI is InChI=1S/C8H15N3O/c1-5(2)7(9-4)8-10-6(3)11-12-8/h5,7,9H,1-4H3/t7-/m0/s1. The van der Waals surface area contributed by atoms with Crippen LogP contribution in [-0.4, -0.2) is 17.2 Å². The molecule has 0 bridgehead atoms. The van der Waals surface area contributed by atoms with Gasteiger partial charge < -0.3 is 9.84 Å². The molecule has 1 atom stereocenters. The van der Waals surface area contributed by atoms with E-state index in [4.69, 9.17) is 4.52 Å². The number of nitrogens with zero attached hydrogens (tertiary/aromatic N) is 2. The Balaban J connectivity index is 2.80. The Morgan fingerprint density at radius 2 is 2.08 bits per heavy atom. The third-order valence-electron chi connectivity index (χ3n) is 1.79. The van der Waals surface area contributed by atoms with Gasteiger partial charge in [0.15, 0.2) is 5.82 Å². The first-order valence-electron chi connectivity index (χ1n) is 4.12. The van der Waals surface area contributed by atoms with Crippen LogP contribution in [0.2, 0.25) is 0 Å². The molecule has 0 unspecified atom stereocenters. The zero-order valence-corrected chi connectivity index (χ0v) is 7.96. The van der Waals surface area contributed by atoms with E-state index in [9.17, 15) is 0 Å². The van der Waals surface area contributed by atoms with Gasteiger partial charge in [0.25, 0.3) is 0 Å². The summed E-state index contributed by atoms with van der Waals surface area (Å²) in [7, 11) is 1.89. The number of aromatic nitrogens is 2. The van der Waals surface area contributed by atoms with Gasteiger partial charge in [-0.3, -0.25) is 0 Å². The molecule has 0 saturated heterocycles. The Morgan fingerprint density at radius 3 is 2.42 bits per heavy atom. The molecule has 1 N–H and O–H groups in total. The molecule has 1 aromatic rings. The predicted molar refractivity (Wildman–Crippen MR) is 45.7 cm³/mol. The van der Waals surface area contributed by atoms with Gasteiger partial charge in [0, 0.05) is 0 Å². The topological polar surface area (TPSA) is 51.0 Å². The number of hydrogen-bond acceptors (Lipinski definition) is 4. The molecule has 0 aliphatic heterocycles. The van der Waals surface area contributed by atoms with Crippen molar-refractivity contribution >= 4 is 0 Å². The van der Waals surface area contributed by atoms with E-state index in [0.717, 1.165) is 0 Å². The van der Waals surface area contributed by atoms with Gasteiger partial charge in [0.1, 0.15) is 0 Å². The largest absolute Gasteiger partial charge is 0.338 e. The van der Waals surface area contributed by atoms with Crippen molar-refractivity contribution in [1.29, 1.82) is 0 Å². The number of nitrogens with one attached hydrogen (secondary N) is 1. The highest BCUT2D eigenvalue weighted by atomic mass is 16.5. The molecule has 68 valence electrons. The molecule has 0 radical (unpaired) electrons.